The minimum atomic E-state index is -6.00. The largest absolute Gasteiger partial charge is 0.673 e. The molecule has 0 saturated heterocycles. The lowest BCUT2D eigenvalue weighted by Crippen LogP contribution is -2.23. The zero-order valence-corrected chi connectivity index (χ0v) is 15.6. The first kappa shape index (κ1) is 23.2. The molecule has 144 valence electrons. The highest BCUT2D eigenvalue weighted by molar-refractivity contribution is 6.50. The molecule has 0 unspecified atom stereocenters. The summed E-state index contributed by atoms with van der Waals surface area (Å²) in [6.45, 7) is 6.72. The third-order valence-corrected chi connectivity index (χ3v) is 3.19. The molecule has 0 radical (unpaired) electrons. The SMILES string of the molecule is CCCCn1cc[n+](C)c1.CCCCn1cc[n+](C)c1.F[B-](F)(F)F. The van der Waals surface area contributed by atoms with Crippen LogP contribution < -0.4 is 9.13 Å². The summed E-state index contributed by atoms with van der Waals surface area (Å²) in [6, 6.07) is 0. The van der Waals surface area contributed by atoms with Crippen molar-refractivity contribution in [2.75, 3.05) is 0 Å². The van der Waals surface area contributed by atoms with Gasteiger partial charge in [-0.15, -0.1) is 0 Å². The number of rotatable bonds is 6. The fourth-order valence-electron chi connectivity index (χ4n) is 1.95. The Morgan fingerprint density at radius 1 is 0.760 bits per heavy atom. The number of halogens is 4. The second-order valence-electron chi connectivity index (χ2n) is 5.84. The first-order chi connectivity index (χ1) is 11.7. The second-order valence-corrected chi connectivity index (χ2v) is 5.84. The predicted molar refractivity (Wildman–Crippen MR) is 91.2 cm³/mol. The van der Waals surface area contributed by atoms with Gasteiger partial charge in [0.2, 0.25) is 12.7 Å². The van der Waals surface area contributed by atoms with Crippen LogP contribution in [0.25, 0.3) is 0 Å². The Balaban J connectivity index is 0.000000368. The van der Waals surface area contributed by atoms with Crippen LogP contribution in [0.3, 0.4) is 0 Å². The summed E-state index contributed by atoms with van der Waals surface area (Å²) in [7, 11) is -1.91. The summed E-state index contributed by atoms with van der Waals surface area (Å²) in [6.07, 6.45) is 17.6. The van der Waals surface area contributed by atoms with Crippen LogP contribution in [0.15, 0.2) is 37.4 Å². The van der Waals surface area contributed by atoms with Gasteiger partial charge in [0.15, 0.2) is 0 Å². The topological polar surface area (TPSA) is 17.6 Å². The quantitative estimate of drug-likeness (QED) is 0.424. The van der Waals surface area contributed by atoms with Gasteiger partial charge >= 0.3 is 7.25 Å². The van der Waals surface area contributed by atoms with E-state index in [4.69, 9.17) is 0 Å². The van der Waals surface area contributed by atoms with Crippen molar-refractivity contribution in [3.8, 4) is 0 Å². The van der Waals surface area contributed by atoms with E-state index in [1.165, 1.54) is 25.7 Å². The summed E-state index contributed by atoms with van der Waals surface area (Å²) >= 11 is 0. The number of hydrogen-bond acceptors (Lipinski definition) is 0. The minimum Gasteiger partial charge on any atom is -0.418 e. The summed E-state index contributed by atoms with van der Waals surface area (Å²) in [5, 5.41) is 0. The van der Waals surface area contributed by atoms with Gasteiger partial charge in [-0.25, -0.2) is 18.3 Å². The first-order valence-electron chi connectivity index (χ1n) is 8.55. The molecular formula is C16H30BF4N4+. The molecule has 2 aromatic heterocycles. The molecule has 25 heavy (non-hydrogen) atoms. The zero-order valence-electron chi connectivity index (χ0n) is 15.6. The van der Waals surface area contributed by atoms with Gasteiger partial charge in [-0.3, -0.25) is 0 Å². The molecule has 0 aliphatic rings. The first-order valence-corrected chi connectivity index (χ1v) is 8.55. The monoisotopic (exact) mass is 365 g/mol. The number of aromatic nitrogens is 4. The van der Waals surface area contributed by atoms with Crippen molar-refractivity contribution in [1.82, 2.24) is 9.13 Å². The van der Waals surface area contributed by atoms with Crippen molar-refractivity contribution in [2.24, 2.45) is 14.1 Å². The molecule has 0 fully saturated rings. The molecule has 9 heteroatoms. The molecule has 0 bridgehead atoms. The summed E-state index contributed by atoms with van der Waals surface area (Å²) in [5.41, 5.74) is 0. The van der Waals surface area contributed by atoms with Crippen LogP contribution in [-0.2, 0) is 27.2 Å². The van der Waals surface area contributed by atoms with Crippen molar-refractivity contribution >= 4 is 7.25 Å². The minimum absolute atomic E-state index is 1.15. The summed E-state index contributed by atoms with van der Waals surface area (Å²) < 4.78 is 47.6. The van der Waals surface area contributed by atoms with E-state index < -0.39 is 7.25 Å². The van der Waals surface area contributed by atoms with Gasteiger partial charge in [0, 0.05) is 0 Å². The highest BCUT2D eigenvalue weighted by atomic mass is 19.5. The van der Waals surface area contributed by atoms with Gasteiger partial charge in [0.25, 0.3) is 0 Å². The summed E-state index contributed by atoms with van der Waals surface area (Å²) in [5.74, 6) is 0. The average molecular weight is 365 g/mol. The third-order valence-electron chi connectivity index (χ3n) is 3.19. The molecule has 0 amide bonds. The van der Waals surface area contributed by atoms with Gasteiger partial charge in [-0.05, 0) is 12.8 Å². The molecule has 0 atom stereocenters. The normalized spacial score (nSPS) is 10.6. The lowest BCUT2D eigenvalue weighted by atomic mass is 10.3. The number of hydrogen-bond donors (Lipinski definition) is 0. The lowest BCUT2D eigenvalue weighted by Gasteiger charge is -1.94. The van der Waals surface area contributed by atoms with E-state index in [2.05, 4.69) is 69.6 Å². The van der Waals surface area contributed by atoms with Crippen LogP contribution in [0.5, 0.6) is 0 Å². The van der Waals surface area contributed by atoms with E-state index in [0.717, 1.165) is 13.1 Å². The number of imidazole rings is 2. The molecule has 0 aromatic carbocycles. The van der Waals surface area contributed by atoms with Gasteiger partial charge in [0.05, 0.1) is 27.2 Å². The molecule has 2 aromatic rings. The molecule has 4 nitrogen and oxygen atoms in total. The van der Waals surface area contributed by atoms with E-state index in [-0.39, 0.29) is 0 Å². The Kier molecular flexibility index (Phi) is 11.6. The van der Waals surface area contributed by atoms with Crippen molar-refractivity contribution in [3.05, 3.63) is 37.4 Å². The van der Waals surface area contributed by atoms with Crippen LogP contribution >= 0.6 is 0 Å². The average Bonchev–Trinajstić information content (AvgIpc) is 3.10. The Hall–Kier alpha value is -1.80. The Bertz CT molecular complexity index is 516. The Morgan fingerprint density at radius 3 is 1.28 bits per heavy atom. The lowest BCUT2D eigenvalue weighted by molar-refractivity contribution is -0.671. The van der Waals surface area contributed by atoms with E-state index in [9.17, 15) is 17.3 Å². The van der Waals surface area contributed by atoms with Crippen LogP contribution in [0, 0.1) is 0 Å². The molecule has 0 N–H and O–H groups in total. The summed E-state index contributed by atoms with van der Waals surface area (Å²) in [4.78, 5) is 0. The van der Waals surface area contributed by atoms with Crippen molar-refractivity contribution in [3.63, 3.8) is 0 Å². The number of nitrogens with zero attached hydrogens (tertiary/aromatic N) is 4. The fraction of sp³-hybridized carbons (Fsp3) is 0.625. The highest BCUT2D eigenvalue weighted by Crippen LogP contribution is 2.06. The number of aryl methyl sites for hydroxylation is 4. The highest BCUT2D eigenvalue weighted by Gasteiger charge is 2.20. The van der Waals surface area contributed by atoms with Crippen LogP contribution in [-0.4, -0.2) is 16.4 Å². The predicted octanol–water partition coefficient (Wildman–Crippen LogP) is 3.53. The van der Waals surface area contributed by atoms with Gasteiger partial charge < -0.3 is 17.3 Å². The van der Waals surface area contributed by atoms with Crippen LogP contribution in [0.1, 0.15) is 39.5 Å². The third kappa shape index (κ3) is 15.5. The van der Waals surface area contributed by atoms with Gasteiger partial charge in [0.1, 0.15) is 24.8 Å². The van der Waals surface area contributed by atoms with Gasteiger partial charge in [-0.2, -0.15) is 0 Å². The van der Waals surface area contributed by atoms with Crippen LogP contribution in [0.2, 0.25) is 0 Å². The smallest absolute Gasteiger partial charge is 0.418 e. The Labute approximate surface area is 147 Å². The van der Waals surface area contributed by atoms with E-state index in [0.29, 0.717) is 0 Å². The van der Waals surface area contributed by atoms with E-state index >= 15 is 0 Å². The Morgan fingerprint density at radius 2 is 1.08 bits per heavy atom. The molecule has 0 spiro atoms. The second kappa shape index (κ2) is 12.6. The standard InChI is InChI=1S/2C8H15N2.BF4/c2*1-3-4-5-10-7-6-9(2)8-10;2-1(3,4)5/h2*6-8H,3-5H2,1-2H3;/q2*+1;-1. The van der Waals surface area contributed by atoms with E-state index in [1.54, 1.807) is 0 Å². The zero-order chi connectivity index (χ0) is 19.3. The maximum absolute atomic E-state index is 9.75. The number of unbranched alkanes of at least 4 members (excludes halogenated alkanes) is 2. The van der Waals surface area contributed by atoms with Crippen molar-refractivity contribution in [2.45, 2.75) is 52.6 Å². The fourth-order valence-corrected chi connectivity index (χ4v) is 1.95. The molecule has 0 aliphatic carbocycles. The molecule has 2 heterocycles. The van der Waals surface area contributed by atoms with Crippen LogP contribution in [0.4, 0.5) is 17.3 Å². The molecule has 0 aliphatic heterocycles. The van der Waals surface area contributed by atoms with Crippen molar-refractivity contribution in [1.29, 1.82) is 0 Å². The van der Waals surface area contributed by atoms with Gasteiger partial charge in [-0.1, -0.05) is 26.7 Å². The van der Waals surface area contributed by atoms with Crippen molar-refractivity contribution < 1.29 is 26.4 Å². The molecule has 2 rings (SSSR count). The maximum Gasteiger partial charge on any atom is 0.673 e. The molecular weight excluding hydrogens is 335 g/mol. The maximum atomic E-state index is 9.75. The molecule has 0 saturated carbocycles. The van der Waals surface area contributed by atoms with E-state index in [1.807, 2.05) is 14.1 Å².